The van der Waals surface area contributed by atoms with Gasteiger partial charge in [0, 0.05) is 11.5 Å². The molecule has 7 heteroatoms. The van der Waals surface area contributed by atoms with Crippen molar-refractivity contribution in [1.82, 2.24) is 10.2 Å². The lowest BCUT2D eigenvalue weighted by atomic mass is 9.73. The van der Waals surface area contributed by atoms with Crippen LogP contribution < -0.4 is 5.32 Å². The van der Waals surface area contributed by atoms with Gasteiger partial charge in [-0.3, -0.25) is 4.79 Å². The van der Waals surface area contributed by atoms with Crippen LogP contribution in [-0.4, -0.2) is 36.5 Å². The van der Waals surface area contributed by atoms with Gasteiger partial charge >= 0.3 is 6.18 Å². The topological polar surface area (TPSA) is 32.3 Å². The average Bonchev–Trinajstić information content (AvgIpc) is 3.04. The van der Waals surface area contributed by atoms with Gasteiger partial charge in [-0.15, -0.1) is 0 Å². The van der Waals surface area contributed by atoms with Crippen LogP contribution in [0.15, 0.2) is 42.5 Å². The Morgan fingerprint density at radius 1 is 1.36 bits per heavy atom. The maximum Gasteiger partial charge on any atom is 0.417 e. The van der Waals surface area contributed by atoms with E-state index in [1.54, 1.807) is 0 Å². The van der Waals surface area contributed by atoms with Crippen molar-refractivity contribution in [3.8, 4) is 0 Å². The number of rotatable bonds is 4. The highest BCUT2D eigenvalue weighted by Gasteiger charge is 2.42. The molecule has 152 valence electrons. The van der Waals surface area contributed by atoms with Crippen molar-refractivity contribution >= 4 is 17.5 Å². The van der Waals surface area contributed by atoms with Crippen molar-refractivity contribution < 1.29 is 18.0 Å². The normalized spacial score (nSPS) is 26.4. The number of nitrogens with zero attached hydrogens (tertiary/aromatic N) is 1. The highest BCUT2D eigenvalue weighted by atomic mass is 35.5. The molecule has 3 atom stereocenters. The predicted octanol–water partition coefficient (Wildman–Crippen LogP) is 5.07. The molecule has 1 heterocycles. The van der Waals surface area contributed by atoms with Gasteiger partial charge in [-0.1, -0.05) is 48.9 Å². The molecule has 1 aliphatic carbocycles. The minimum atomic E-state index is -4.61. The van der Waals surface area contributed by atoms with Crippen LogP contribution in [0.25, 0.3) is 0 Å². The van der Waals surface area contributed by atoms with Gasteiger partial charge in [0.25, 0.3) is 5.91 Å². The van der Waals surface area contributed by atoms with Crippen LogP contribution in [0.2, 0.25) is 5.02 Å². The van der Waals surface area contributed by atoms with Crippen LogP contribution in [0.1, 0.15) is 42.1 Å². The summed E-state index contributed by atoms with van der Waals surface area (Å²) in [7, 11) is 2.01. The summed E-state index contributed by atoms with van der Waals surface area (Å²) in [6.07, 6.45) is 6.11. The van der Waals surface area contributed by atoms with Gasteiger partial charge in [0.05, 0.1) is 22.2 Å². The first kappa shape index (κ1) is 20.9. The second-order valence-electron chi connectivity index (χ2n) is 7.80. The third kappa shape index (κ3) is 4.13. The van der Waals surface area contributed by atoms with E-state index in [4.69, 9.17) is 11.6 Å². The Balaban J connectivity index is 1.92. The lowest BCUT2D eigenvalue weighted by molar-refractivity contribution is -0.137. The first-order valence-corrected chi connectivity index (χ1v) is 9.72. The number of carbonyl (C=O) groups excluding carboxylic acids is 1. The molecule has 2 aliphatic rings. The molecular weight excluding hydrogens is 389 g/mol. The molecule has 3 nitrogen and oxygen atoms in total. The minimum Gasteiger partial charge on any atom is -0.347 e. The zero-order valence-corrected chi connectivity index (χ0v) is 16.6. The molecular formula is C21H24ClF3N2O. The number of amides is 1. The minimum absolute atomic E-state index is 0.106. The molecule has 0 bridgehead atoms. The predicted molar refractivity (Wildman–Crippen MR) is 104 cm³/mol. The van der Waals surface area contributed by atoms with E-state index >= 15 is 0 Å². The van der Waals surface area contributed by atoms with Gasteiger partial charge in [0.15, 0.2) is 0 Å². The molecule has 0 spiro atoms. The lowest BCUT2D eigenvalue weighted by Gasteiger charge is -2.42. The fraction of sp³-hybridized carbons (Fsp3) is 0.476. The summed E-state index contributed by atoms with van der Waals surface area (Å²) in [5.74, 6) is -0.578. The molecule has 1 N–H and O–H groups in total. The summed E-state index contributed by atoms with van der Waals surface area (Å²) >= 11 is 5.96. The zero-order valence-electron chi connectivity index (χ0n) is 15.9. The van der Waals surface area contributed by atoms with Crippen LogP contribution in [0.3, 0.4) is 0 Å². The van der Waals surface area contributed by atoms with Crippen molar-refractivity contribution in [2.45, 2.75) is 44.4 Å². The molecule has 0 radical (unpaired) electrons. The second-order valence-corrected chi connectivity index (χ2v) is 8.18. The Labute approximate surface area is 168 Å². The molecule has 1 amide bonds. The smallest absolute Gasteiger partial charge is 0.347 e. The van der Waals surface area contributed by atoms with E-state index in [-0.39, 0.29) is 23.1 Å². The number of likely N-dealkylation sites (N-methyl/N-ethyl adjacent to an activating group) is 1. The standard InChI is InChI=1S/C21H24ClF3N2O/c1-20(11-4-3-5-12-20)18(16-10-7-13-27(16)2)26-19(28)14-8-6-9-15(17(14)22)21(23,24)25/h3-6,8-9,11,16,18H,7,10,12-13H2,1-2H3,(H,26,28)/t16-,18+,20?/m1/s1. The van der Waals surface area contributed by atoms with Crippen LogP contribution >= 0.6 is 11.6 Å². The Morgan fingerprint density at radius 2 is 2.11 bits per heavy atom. The number of nitrogens with one attached hydrogen (secondary N) is 1. The second kappa shape index (κ2) is 7.91. The van der Waals surface area contributed by atoms with Crippen molar-refractivity contribution in [3.63, 3.8) is 0 Å². The number of benzene rings is 1. The summed E-state index contributed by atoms with van der Waals surface area (Å²) in [6.45, 7) is 2.99. The summed E-state index contributed by atoms with van der Waals surface area (Å²) in [4.78, 5) is 15.2. The number of alkyl halides is 3. The maximum atomic E-state index is 13.2. The van der Waals surface area contributed by atoms with Gasteiger partial charge in [-0.2, -0.15) is 13.2 Å². The lowest BCUT2D eigenvalue weighted by Crippen LogP contribution is -2.56. The zero-order chi connectivity index (χ0) is 20.5. The van der Waals surface area contributed by atoms with E-state index in [0.717, 1.165) is 31.9 Å². The maximum absolute atomic E-state index is 13.2. The van der Waals surface area contributed by atoms with E-state index in [0.29, 0.717) is 0 Å². The third-order valence-electron chi connectivity index (χ3n) is 5.79. The Morgan fingerprint density at radius 3 is 2.68 bits per heavy atom. The SMILES string of the molecule is CN1CCC[C@@H]1[C@H](NC(=O)c1cccc(C(F)(F)F)c1Cl)C1(C)C=CC=CC1. The van der Waals surface area contributed by atoms with Gasteiger partial charge in [0.2, 0.25) is 0 Å². The molecule has 0 aromatic heterocycles. The van der Waals surface area contributed by atoms with Crippen LogP contribution in [0, 0.1) is 5.41 Å². The van der Waals surface area contributed by atoms with E-state index < -0.39 is 22.7 Å². The number of hydrogen-bond acceptors (Lipinski definition) is 2. The number of carbonyl (C=O) groups is 1. The fourth-order valence-electron chi connectivity index (χ4n) is 4.18. The number of likely N-dealkylation sites (tertiary alicyclic amines) is 1. The van der Waals surface area contributed by atoms with Crippen molar-refractivity contribution in [2.24, 2.45) is 5.41 Å². The van der Waals surface area contributed by atoms with Crippen molar-refractivity contribution in [2.75, 3.05) is 13.6 Å². The van der Waals surface area contributed by atoms with Crippen LogP contribution in [0.5, 0.6) is 0 Å². The molecule has 28 heavy (non-hydrogen) atoms. The molecule has 1 aromatic rings. The van der Waals surface area contributed by atoms with Crippen LogP contribution in [-0.2, 0) is 6.18 Å². The van der Waals surface area contributed by atoms with E-state index in [1.165, 1.54) is 12.1 Å². The highest BCUT2D eigenvalue weighted by Crippen LogP contribution is 2.39. The van der Waals surface area contributed by atoms with Crippen LogP contribution in [0.4, 0.5) is 13.2 Å². The van der Waals surface area contributed by atoms with E-state index in [1.807, 2.05) is 25.3 Å². The summed E-state index contributed by atoms with van der Waals surface area (Å²) in [5, 5.41) is 2.46. The first-order chi connectivity index (χ1) is 13.1. The van der Waals surface area contributed by atoms with Gasteiger partial charge in [-0.05, 0) is 45.0 Å². The summed E-state index contributed by atoms with van der Waals surface area (Å²) < 4.78 is 39.5. The highest BCUT2D eigenvalue weighted by molar-refractivity contribution is 6.34. The monoisotopic (exact) mass is 412 g/mol. The number of halogens is 4. The number of hydrogen-bond donors (Lipinski definition) is 1. The quantitative estimate of drug-likeness (QED) is 0.748. The Kier molecular flexibility index (Phi) is 5.92. The fourth-order valence-corrected chi connectivity index (χ4v) is 4.50. The summed E-state index contributed by atoms with van der Waals surface area (Å²) in [5.41, 5.74) is -1.48. The van der Waals surface area contributed by atoms with Gasteiger partial charge in [0.1, 0.15) is 0 Å². The molecule has 1 saturated heterocycles. The van der Waals surface area contributed by atoms with E-state index in [2.05, 4.69) is 23.2 Å². The molecule has 1 fully saturated rings. The average molecular weight is 413 g/mol. The van der Waals surface area contributed by atoms with Crippen molar-refractivity contribution in [3.05, 3.63) is 58.7 Å². The molecule has 1 unspecified atom stereocenters. The largest absolute Gasteiger partial charge is 0.417 e. The first-order valence-electron chi connectivity index (χ1n) is 9.35. The Hall–Kier alpha value is -1.79. The summed E-state index contributed by atoms with van der Waals surface area (Å²) in [6, 6.07) is 3.29. The number of allylic oxidation sites excluding steroid dienone is 3. The molecule has 0 saturated carbocycles. The third-order valence-corrected chi connectivity index (χ3v) is 6.20. The van der Waals surface area contributed by atoms with Crippen molar-refractivity contribution in [1.29, 1.82) is 0 Å². The van der Waals surface area contributed by atoms with Gasteiger partial charge < -0.3 is 10.2 Å². The van der Waals surface area contributed by atoms with Gasteiger partial charge in [-0.25, -0.2) is 0 Å². The Bertz CT molecular complexity index is 805. The molecule has 3 rings (SSSR count). The molecule has 1 aliphatic heterocycles. The molecule has 1 aromatic carbocycles. The van der Waals surface area contributed by atoms with E-state index in [9.17, 15) is 18.0 Å².